The molecule has 3 aromatic carbocycles. The summed E-state index contributed by atoms with van der Waals surface area (Å²) in [5.41, 5.74) is 8.22. The summed E-state index contributed by atoms with van der Waals surface area (Å²) in [6.45, 7) is 4.53. The lowest BCUT2D eigenvalue weighted by Crippen LogP contribution is -2.51. The normalized spacial score (nSPS) is 19.7. The fourth-order valence-electron chi connectivity index (χ4n) is 5.74. The predicted molar refractivity (Wildman–Crippen MR) is 148 cm³/mol. The van der Waals surface area contributed by atoms with Crippen molar-refractivity contribution in [2.45, 2.75) is 30.1 Å². The summed E-state index contributed by atoms with van der Waals surface area (Å²) in [5, 5.41) is 2.81. The third kappa shape index (κ3) is 5.66. The van der Waals surface area contributed by atoms with E-state index in [1.54, 1.807) is 0 Å². The van der Waals surface area contributed by atoms with E-state index in [-0.39, 0.29) is 17.7 Å². The molecule has 3 aromatic rings. The van der Waals surface area contributed by atoms with Crippen LogP contribution in [0.2, 0.25) is 0 Å². The SMILES string of the molecule is CC(=O)Nc1ccc(SCCC[N@+]2(C)CCC(C(C(N)=O)(c3ccccc3)c3ccccc3)C2)cc1. The van der Waals surface area contributed by atoms with Crippen molar-refractivity contribution in [3.63, 3.8) is 0 Å². The number of likely N-dealkylation sites (tertiary alicyclic amines) is 1. The Labute approximate surface area is 218 Å². The van der Waals surface area contributed by atoms with Crippen molar-refractivity contribution in [1.29, 1.82) is 0 Å². The topological polar surface area (TPSA) is 72.2 Å². The Morgan fingerprint density at radius 2 is 1.56 bits per heavy atom. The molecule has 5 nitrogen and oxygen atoms in total. The number of nitrogens with zero attached hydrogens (tertiary/aromatic N) is 1. The molecule has 188 valence electrons. The summed E-state index contributed by atoms with van der Waals surface area (Å²) in [7, 11) is 2.31. The summed E-state index contributed by atoms with van der Waals surface area (Å²) in [4.78, 5) is 25.7. The predicted octanol–water partition coefficient (Wildman–Crippen LogP) is 5.07. The van der Waals surface area contributed by atoms with Crippen LogP contribution in [-0.4, -0.2) is 48.7 Å². The third-order valence-corrected chi connectivity index (χ3v) is 8.52. The quantitative estimate of drug-likeness (QED) is 0.231. The number of carbonyl (C=O) groups is 2. The van der Waals surface area contributed by atoms with Crippen LogP contribution in [0.25, 0.3) is 0 Å². The summed E-state index contributed by atoms with van der Waals surface area (Å²) in [6, 6.07) is 28.2. The van der Waals surface area contributed by atoms with Gasteiger partial charge in [0, 0.05) is 42.0 Å². The number of primary amides is 1. The Morgan fingerprint density at radius 3 is 2.08 bits per heavy atom. The van der Waals surface area contributed by atoms with Crippen molar-refractivity contribution in [3.8, 4) is 0 Å². The van der Waals surface area contributed by atoms with Gasteiger partial charge in [-0.1, -0.05) is 60.7 Å². The van der Waals surface area contributed by atoms with E-state index in [0.29, 0.717) is 0 Å². The van der Waals surface area contributed by atoms with Crippen molar-refractivity contribution >= 4 is 29.3 Å². The highest BCUT2D eigenvalue weighted by atomic mass is 32.2. The first-order valence-corrected chi connectivity index (χ1v) is 13.6. The lowest BCUT2D eigenvalue weighted by Gasteiger charge is -2.38. The molecule has 4 rings (SSSR count). The lowest BCUT2D eigenvalue weighted by molar-refractivity contribution is -0.899. The Hall–Kier alpha value is -3.09. The van der Waals surface area contributed by atoms with Crippen LogP contribution in [0.3, 0.4) is 0 Å². The highest BCUT2D eigenvalue weighted by Crippen LogP contribution is 2.45. The zero-order valence-electron chi connectivity index (χ0n) is 21.2. The van der Waals surface area contributed by atoms with Crippen molar-refractivity contribution in [1.82, 2.24) is 0 Å². The number of benzene rings is 3. The summed E-state index contributed by atoms with van der Waals surface area (Å²) in [6.07, 6.45) is 2.04. The van der Waals surface area contributed by atoms with Crippen LogP contribution in [0.5, 0.6) is 0 Å². The highest BCUT2D eigenvalue weighted by Gasteiger charge is 2.53. The molecule has 1 aliphatic heterocycles. The number of rotatable bonds is 10. The van der Waals surface area contributed by atoms with E-state index in [9.17, 15) is 9.59 Å². The zero-order valence-corrected chi connectivity index (χ0v) is 22.0. The molecule has 36 heavy (non-hydrogen) atoms. The number of nitrogens with one attached hydrogen (secondary N) is 1. The molecule has 2 amide bonds. The minimum Gasteiger partial charge on any atom is -0.369 e. The van der Waals surface area contributed by atoms with Crippen LogP contribution >= 0.6 is 11.8 Å². The molecule has 0 aromatic heterocycles. The molecule has 1 unspecified atom stereocenters. The number of quaternary nitrogens is 1. The Morgan fingerprint density at radius 1 is 0.972 bits per heavy atom. The van der Waals surface area contributed by atoms with Crippen LogP contribution < -0.4 is 11.1 Å². The highest BCUT2D eigenvalue weighted by molar-refractivity contribution is 7.99. The molecule has 3 N–H and O–H groups in total. The Kier molecular flexibility index (Phi) is 8.17. The van der Waals surface area contributed by atoms with Gasteiger partial charge < -0.3 is 15.5 Å². The van der Waals surface area contributed by atoms with Gasteiger partial charge in [0.15, 0.2) is 0 Å². The monoisotopic (exact) mass is 502 g/mol. The second kappa shape index (κ2) is 11.3. The van der Waals surface area contributed by atoms with Gasteiger partial charge in [-0.3, -0.25) is 9.59 Å². The van der Waals surface area contributed by atoms with Crippen LogP contribution in [-0.2, 0) is 15.0 Å². The average molecular weight is 503 g/mol. The number of hydrogen-bond donors (Lipinski definition) is 2. The van der Waals surface area contributed by atoms with E-state index in [4.69, 9.17) is 5.73 Å². The third-order valence-electron chi connectivity index (χ3n) is 7.42. The van der Waals surface area contributed by atoms with Gasteiger partial charge in [-0.25, -0.2) is 0 Å². The minimum atomic E-state index is -0.830. The maximum atomic E-state index is 13.3. The van der Waals surface area contributed by atoms with Gasteiger partial charge in [0.25, 0.3) is 0 Å². The number of anilines is 1. The van der Waals surface area contributed by atoms with Crippen molar-refractivity contribution in [2.75, 3.05) is 37.8 Å². The first kappa shape index (κ1) is 26.0. The summed E-state index contributed by atoms with van der Waals surface area (Å²) in [5.74, 6) is 0.836. The van der Waals surface area contributed by atoms with Crippen LogP contribution in [0.15, 0.2) is 89.8 Å². The van der Waals surface area contributed by atoms with E-state index in [1.807, 2.05) is 84.6 Å². The van der Waals surface area contributed by atoms with Gasteiger partial charge >= 0.3 is 0 Å². The molecule has 1 heterocycles. The summed E-state index contributed by atoms with van der Waals surface area (Å²) >= 11 is 1.84. The molecule has 0 spiro atoms. The fraction of sp³-hybridized carbons (Fsp3) is 0.333. The van der Waals surface area contributed by atoms with Crippen molar-refractivity contribution < 1.29 is 14.1 Å². The molecule has 0 bridgehead atoms. The van der Waals surface area contributed by atoms with Crippen LogP contribution in [0.1, 0.15) is 30.9 Å². The molecular weight excluding hydrogens is 466 g/mol. The molecular formula is C30H36N3O2S+. The van der Waals surface area contributed by atoms with Crippen molar-refractivity contribution in [3.05, 3.63) is 96.1 Å². The molecule has 1 aliphatic rings. The maximum Gasteiger partial charge on any atom is 0.233 e. The smallest absolute Gasteiger partial charge is 0.233 e. The first-order valence-electron chi connectivity index (χ1n) is 12.6. The van der Waals surface area contributed by atoms with E-state index >= 15 is 0 Å². The molecule has 0 saturated carbocycles. The molecule has 1 fully saturated rings. The Balaban J connectivity index is 1.44. The minimum absolute atomic E-state index is 0.0591. The number of amides is 2. The van der Waals surface area contributed by atoms with E-state index in [1.165, 1.54) is 11.8 Å². The number of thioether (sulfide) groups is 1. The van der Waals surface area contributed by atoms with Gasteiger partial charge in [-0.05, 0) is 35.4 Å². The van der Waals surface area contributed by atoms with E-state index < -0.39 is 5.41 Å². The fourth-order valence-corrected chi connectivity index (χ4v) is 6.58. The molecule has 2 atom stereocenters. The number of hydrogen-bond acceptors (Lipinski definition) is 3. The maximum absolute atomic E-state index is 13.3. The number of nitrogens with two attached hydrogens (primary N) is 1. The molecule has 0 radical (unpaired) electrons. The molecule has 0 aliphatic carbocycles. The van der Waals surface area contributed by atoms with Crippen LogP contribution in [0, 0.1) is 5.92 Å². The second-order valence-corrected chi connectivity index (χ2v) is 11.2. The zero-order chi connectivity index (χ0) is 25.6. The van der Waals surface area contributed by atoms with E-state index in [0.717, 1.165) is 59.5 Å². The Bertz CT molecular complexity index is 1130. The second-order valence-electron chi connectivity index (χ2n) is 10.0. The van der Waals surface area contributed by atoms with E-state index in [2.05, 4.69) is 24.5 Å². The van der Waals surface area contributed by atoms with Gasteiger partial charge in [0.05, 0.1) is 26.7 Å². The largest absolute Gasteiger partial charge is 0.369 e. The molecule has 6 heteroatoms. The van der Waals surface area contributed by atoms with Gasteiger partial charge in [0.2, 0.25) is 11.8 Å². The van der Waals surface area contributed by atoms with Gasteiger partial charge in [-0.2, -0.15) is 0 Å². The standard InChI is InChI=1S/C30H35N3O2S/c1-23(34)32-27-14-16-28(17-15-27)36-21-9-19-33(2)20-18-26(22-33)30(29(31)35,24-10-5-3-6-11-24)25-12-7-4-8-13-25/h3-8,10-17,26H,9,18-22H2,1-2H3,(H2-,31,32,34,35)/p+1/t26?,33-/m1/s1. The number of carbonyl (C=O) groups excluding carboxylic acids is 2. The lowest BCUT2D eigenvalue weighted by atomic mass is 9.64. The summed E-state index contributed by atoms with van der Waals surface area (Å²) < 4.78 is 0.946. The first-order chi connectivity index (χ1) is 17.3. The van der Waals surface area contributed by atoms with Gasteiger partial charge in [0.1, 0.15) is 5.41 Å². The van der Waals surface area contributed by atoms with Gasteiger partial charge in [-0.15, -0.1) is 11.8 Å². The molecule has 1 saturated heterocycles. The average Bonchev–Trinajstić information content (AvgIpc) is 3.26. The van der Waals surface area contributed by atoms with Crippen molar-refractivity contribution in [2.24, 2.45) is 11.7 Å². The van der Waals surface area contributed by atoms with Crippen LogP contribution in [0.4, 0.5) is 5.69 Å².